The van der Waals surface area contributed by atoms with Crippen molar-refractivity contribution in [2.24, 2.45) is 0 Å². The summed E-state index contributed by atoms with van der Waals surface area (Å²) in [5.41, 5.74) is 0.707. The lowest BCUT2D eigenvalue weighted by molar-refractivity contribution is -0.121. The molecule has 2 aromatic rings. The van der Waals surface area contributed by atoms with E-state index >= 15 is 0 Å². The van der Waals surface area contributed by atoms with Crippen LogP contribution in [0.2, 0.25) is 0 Å². The molecule has 114 valence electrons. The fourth-order valence-corrected chi connectivity index (χ4v) is 3.15. The van der Waals surface area contributed by atoms with E-state index in [-0.39, 0.29) is 11.5 Å². The van der Waals surface area contributed by atoms with E-state index in [4.69, 9.17) is 12.2 Å². The third-order valence-corrected chi connectivity index (χ3v) is 4.45. The number of hydrogen-bond donors (Lipinski definition) is 2. The second-order valence-electron chi connectivity index (χ2n) is 4.86. The molecule has 0 aliphatic carbocycles. The van der Waals surface area contributed by atoms with E-state index in [1.165, 1.54) is 15.9 Å². The van der Waals surface area contributed by atoms with Crippen LogP contribution in [-0.4, -0.2) is 22.0 Å². The molecule has 0 aliphatic rings. The number of nitrogens with one attached hydrogen (secondary N) is 2. The van der Waals surface area contributed by atoms with Gasteiger partial charge in [0, 0.05) is 19.5 Å². The first-order valence-electron chi connectivity index (χ1n) is 7.10. The van der Waals surface area contributed by atoms with E-state index in [0.717, 1.165) is 24.9 Å². The minimum Gasteiger partial charge on any atom is -0.356 e. The SMILES string of the molecule is CCCCNC(=O)CCCn1c(=S)[nH]c2ccsc2c1=O. The number of amides is 1. The summed E-state index contributed by atoms with van der Waals surface area (Å²) in [5.74, 6) is 0.0311. The number of carbonyl (C=O) groups excluding carboxylic acids is 1. The summed E-state index contributed by atoms with van der Waals surface area (Å²) < 4.78 is 2.63. The van der Waals surface area contributed by atoms with E-state index in [0.29, 0.717) is 28.9 Å². The highest BCUT2D eigenvalue weighted by molar-refractivity contribution is 7.71. The highest BCUT2D eigenvalue weighted by atomic mass is 32.1. The van der Waals surface area contributed by atoms with Crippen LogP contribution in [-0.2, 0) is 11.3 Å². The first-order chi connectivity index (χ1) is 10.1. The van der Waals surface area contributed by atoms with Crippen LogP contribution in [0, 0.1) is 4.77 Å². The summed E-state index contributed by atoms with van der Waals surface area (Å²) in [6.07, 6.45) is 3.07. The van der Waals surface area contributed by atoms with Crippen LogP contribution in [0.1, 0.15) is 32.6 Å². The summed E-state index contributed by atoms with van der Waals surface area (Å²) in [4.78, 5) is 26.9. The quantitative estimate of drug-likeness (QED) is 0.607. The van der Waals surface area contributed by atoms with Gasteiger partial charge in [0.1, 0.15) is 4.70 Å². The maximum atomic E-state index is 12.3. The van der Waals surface area contributed by atoms with Crippen LogP contribution < -0.4 is 10.9 Å². The summed E-state index contributed by atoms with van der Waals surface area (Å²) in [5, 5.41) is 4.73. The van der Waals surface area contributed by atoms with Crippen molar-refractivity contribution in [1.29, 1.82) is 0 Å². The molecule has 0 aliphatic heterocycles. The molecular weight excluding hydrogens is 306 g/mol. The molecule has 2 rings (SSSR count). The minimum atomic E-state index is -0.0739. The average Bonchev–Trinajstić information content (AvgIpc) is 2.91. The topological polar surface area (TPSA) is 66.9 Å². The Morgan fingerprint density at radius 1 is 1.48 bits per heavy atom. The van der Waals surface area contributed by atoms with Gasteiger partial charge in [-0.2, -0.15) is 0 Å². The largest absolute Gasteiger partial charge is 0.356 e. The van der Waals surface area contributed by atoms with Gasteiger partial charge in [0.2, 0.25) is 5.91 Å². The van der Waals surface area contributed by atoms with E-state index in [1.807, 2.05) is 11.4 Å². The molecule has 0 atom stereocenters. The van der Waals surface area contributed by atoms with E-state index in [1.54, 1.807) is 0 Å². The number of nitrogens with zero attached hydrogens (tertiary/aromatic N) is 1. The van der Waals surface area contributed by atoms with Gasteiger partial charge in [-0.25, -0.2) is 0 Å². The Hall–Kier alpha value is -1.47. The molecule has 0 saturated heterocycles. The molecule has 2 N–H and O–H groups in total. The van der Waals surface area contributed by atoms with Gasteiger partial charge in [-0.1, -0.05) is 13.3 Å². The Morgan fingerprint density at radius 2 is 2.29 bits per heavy atom. The van der Waals surface area contributed by atoms with Crippen molar-refractivity contribution in [3.05, 3.63) is 26.6 Å². The van der Waals surface area contributed by atoms with Gasteiger partial charge in [0.05, 0.1) is 5.52 Å². The normalized spacial score (nSPS) is 10.9. The smallest absolute Gasteiger partial charge is 0.272 e. The molecule has 0 aromatic carbocycles. The van der Waals surface area contributed by atoms with Gasteiger partial charge in [-0.15, -0.1) is 11.3 Å². The van der Waals surface area contributed by atoms with Crippen LogP contribution in [0.25, 0.3) is 10.2 Å². The van der Waals surface area contributed by atoms with Crippen LogP contribution in [0.5, 0.6) is 0 Å². The van der Waals surface area contributed by atoms with Crippen molar-refractivity contribution in [2.75, 3.05) is 6.54 Å². The number of aromatic nitrogens is 2. The lowest BCUT2D eigenvalue weighted by atomic mass is 10.2. The summed E-state index contributed by atoms with van der Waals surface area (Å²) in [7, 11) is 0. The molecule has 0 radical (unpaired) electrons. The summed E-state index contributed by atoms with van der Waals surface area (Å²) >= 11 is 6.61. The van der Waals surface area contributed by atoms with Gasteiger partial charge in [-0.05, 0) is 36.5 Å². The predicted octanol–water partition coefficient (Wildman–Crippen LogP) is 2.82. The molecule has 2 heterocycles. The van der Waals surface area contributed by atoms with Crippen LogP contribution >= 0.6 is 23.6 Å². The van der Waals surface area contributed by atoms with Crippen molar-refractivity contribution >= 4 is 39.7 Å². The highest BCUT2D eigenvalue weighted by Gasteiger charge is 2.07. The number of aromatic amines is 1. The Balaban J connectivity index is 1.96. The van der Waals surface area contributed by atoms with Gasteiger partial charge in [0.25, 0.3) is 5.56 Å². The first kappa shape index (κ1) is 15.9. The van der Waals surface area contributed by atoms with Gasteiger partial charge < -0.3 is 10.3 Å². The number of H-pyrrole nitrogens is 1. The van der Waals surface area contributed by atoms with E-state index in [9.17, 15) is 9.59 Å². The zero-order chi connectivity index (χ0) is 15.2. The van der Waals surface area contributed by atoms with Crippen molar-refractivity contribution in [3.63, 3.8) is 0 Å². The van der Waals surface area contributed by atoms with Crippen molar-refractivity contribution in [2.45, 2.75) is 39.2 Å². The Bertz CT molecular complexity index is 730. The molecule has 21 heavy (non-hydrogen) atoms. The molecule has 0 saturated carbocycles. The number of fused-ring (bicyclic) bond motifs is 1. The fourth-order valence-electron chi connectivity index (χ4n) is 2.06. The third kappa shape index (κ3) is 4.01. The van der Waals surface area contributed by atoms with Crippen molar-refractivity contribution < 1.29 is 4.79 Å². The lowest BCUT2D eigenvalue weighted by Gasteiger charge is -2.07. The fraction of sp³-hybridized carbons (Fsp3) is 0.500. The number of unbranched alkanes of at least 4 members (excludes halogenated alkanes) is 1. The van der Waals surface area contributed by atoms with Crippen LogP contribution in [0.15, 0.2) is 16.2 Å². The van der Waals surface area contributed by atoms with Crippen LogP contribution in [0.3, 0.4) is 0 Å². The minimum absolute atomic E-state index is 0.0311. The number of hydrogen-bond acceptors (Lipinski definition) is 4. The second kappa shape index (κ2) is 7.51. The van der Waals surface area contributed by atoms with Crippen molar-refractivity contribution in [3.8, 4) is 0 Å². The molecule has 2 aromatic heterocycles. The maximum Gasteiger partial charge on any atom is 0.272 e. The molecule has 0 unspecified atom stereocenters. The third-order valence-electron chi connectivity index (χ3n) is 3.23. The zero-order valence-corrected chi connectivity index (χ0v) is 13.6. The molecule has 5 nitrogen and oxygen atoms in total. The van der Waals surface area contributed by atoms with Crippen LogP contribution in [0.4, 0.5) is 0 Å². The Kier molecular flexibility index (Phi) is 5.69. The first-order valence-corrected chi connectivity index (χ1v) is 8.39. The highest BCUT2D eigenvalue weighted by Crippen LogP contribution is 2.14. The number of thiophene rings is 1. The summed E-state index contributed by atoms with van der Waals surface area (Å²) in [6.45, 7) is 3.26. The average molecular weight is 325 g/mol. The molecule has 0 spiro atoms. The standard InChI is InChI=1S/C14H19N3O2S2/c1-2-3-7-15-11(18)5-4-8-17-13(19)12-10(6-9-21-12)16-14(17)20/h6,9H,2-5,7-8H2,1H3,(H,15,18)(H,16,20). The molecule has 0 bridgehead atoms. The number of carbonyl (C=O) groups is 1. The molecular formula is C14H19N3O2S2. The van der Waals surface area contributed by atoms with Gasteiger partial charge in [0.15, 0.2) is 4.77 Å². The Morgan fingerprint density at radius 3 is 3.05 bits per heavy atom. The van der Waals surface area contributed by atoms with Gasteiger partial charge >= 0.3 is 0 Å². The monoisotopic (exact) mass is 325 g/mol. The molecule has 0 fully saturated rings. The zero-order valence-electron chi connectivity index (χ0n) is 12.0. The summed E-state index contributed by atoms with van der Waals surface area (Å²) in [6, 6.07) is 1.85. The van der Waals surface area contributed by atoms with E-state index < -0.39 is 0 Å². The lowest BCUT2D eigenvalue weighted by Crippen LogP contribution is -2.26. The Labute approximate surface area is 132 Å². The van der Waals surface area contributed by atoms with Crippen molar-refractivity contribution in [1.82, 2.24) is 14.9 Å². The number of rotatable bonds is 7. The maximum absolute atomic E-state index is 12.3. The molecule has 1 amide bonds. The second-order valence-corrected chi connectivity index (χ2v) is 6.16. The molecule has 7 heteroatoms. The van der Waals surface area contributed by atoms with E-state index in [2.05, 4.69) is 17.2 Å². The van der Waals surface area contributed by atoms with Gasteiger partial charge in [-0.3, -0.25) is 14.2 Å². The predicted molar refractivity (Wildman–Crippen MR) is 88.4 cm³/mol.